The molecule has 4 nitrogen and oxygen atoms in total. The van der Waals surface area contributed by atoms with Crippen LogP contribution in [0.5, 0.6) is 0 Å². The third-order valence-electron chi connectivity index (χ3n) is 3.10. The van der Waals surface area contributed by atoms with Gasteiger partial charge in [-0.25, -0.2) is 0 Å². The lowest BCUT2D eigenvalue weighted by molar-refractivity contribution is -0.128. The molecule has 2 N–H and O–H groups in total. The lowest BCUT2D eigenvalue weighted by Crippen LogP contribution is -2.37. The maximum Gasteiger partial charge on any atom is 0.183 e. The van der Waals surface area contributed by atoms with Crippen molar-refractivity contribution in [1.29, 1.82) is 0 Å². The third-order valence-corrected chi connectivity index (χ3v) is 3.10. The molecule has 0 heterocycles. The molecule has 0 aromatic rings. The summed E-state index contributed by atoms with van der Waals surface area (Å²) in [5.41, 5.74) is -1.16. The Morgan fingerprint density at radius 2 is 1.71 bits per heavy atom. The van der Waals surface area contributed by atoms with E-state index >= 15 is 0 Å². The molecule has 0 radical (unpaired) electrons. The number of Topliss-reactive ketones (excluding diaryl/α,β-unsaturated/α-hetero) is 2. The van der Waals surface area contributed by atoms with E-state index in [1.165, 1.54) is 20.8 Å². The number of aliphatic hydroxyl groups excluding tert-OH is 2. The molecule has 17 heavy (non-hydrogen) atoms. The first-order chi connectivity index (χ1) is 7.62. The molecule has 0 fully saturated rings. The summed E-state index contributed by atoms with van der Waals surface area (Å²) in [6, 6.07) is 0. The number of hydrogen-bond donors (Lipinski definition) is 2. The number of allylic oxidation sites excluding steroid dienone is 3. The van der Waals surface area contributed by atoms with Crippen molar-refractivity contribution in [3.8, 4) is 0 Å². The van der Waals surface area contributed by atoms with Gasteiger partial charge in [-0.15, -0.1) is 0 Å². The first kappa shape index (κ1) is 13.5. The standard InChI is InChI=1S/C13H18O4/c1-6(2)9(14)8-10(15)7(3)11(16)13(4,5)12(8)17/h6,15-16H,1-5H3. The molecule has 0 aliphatic heterocycles. The minimum absolute atomic E-state index is 0.180. The maximum absolute atomic E-state index is 12.1. The Bertz CT molecular complexity index is 450. The molecule has 1 rings (SSSR count). The monoisotopic (exact) mass is 238 g/mol. The van der Waals surface area contributed by atoms with Crippen molar-refractivity contribution < 1.29 is 19.8 Å². The van der Waals surface area contributed by atoms with Crippen molar-refractivity contribution >= 4 is 11.6 Å². The molecule has 0 amide bonds. The molecule has 0 unspecified atom stereocenters. The zero-order valence-corrected chi connectivity index (χ0v) is 10.8. The Hall–Kier alpha value is -1.58. The molecule has 4 heteroatoms. The van der Waals surface area contributed by atoms with Crippen LogP contribution in [0.4, 0.5) is 0 Å². The van der Waals surface area contributed by atoms with E-state index in [2.05, 4.69) is 0 Å². The molecule has 0 bridgehead atoms. The van der Waals surface area contributed by atoms with Gasteiger partial charge >= 0.3 is 0 Å². The predicted octanol–water partition coefficient (Wildman–Crippen LogP) is 2.46. The van der Waals surface area contributed by atoms with Crippen molar-refractivity contribution in [2.24, 2.45) is 11.3 Å². The Morgan fingerprint density at radius 3 is 2.12 bits per heavy atom. The number of aliphatic hydroxyl groups is 2. The average molecular weight is 238 g/mol. The van der Waals surface area contributed by atoms with Crippen molar-refractivity contribution in [2.45, 2.75) is 34.6 Å². The summed E-state index contributed by atoms with van der Waals surface area (Å²) in [6.07, 6.45) is 0. The Kier molecular flexibility index (Phi) is 3.19. The van der Waals surface area contributed by atoms with E-state index < -0.39 is 22.7 Å². The van der Waals surface area contributed by atoms with Gasteiger partial charge in [0.05, 0.1) is 5.41 Å². The highest BCUT2D eigenvalue weighted by Gasteiger charge is 2.44. The van der Waals surface area contributed by atoms with E-state index in [0.717, 1.165) is 0 Å². The van der Waals surface area contributed by atoms with Crippen LogP contribution < -0.4 is 0 Å². The van der Waals surface area contributed by atoms with E-state index in [-0.39, 0.29) is 22.8 Å². The van der Waals surface area contributed by atoms with Crippen LogP contribution in [0.3, 0.4) is 0 Å². The molecule has 0 saturated carbocycles. The quantitative estimate of drug-likeness (QED) is 0.725. The normalized spacial score (nSPS) is 20.2. The number of hydrogen-bond acceptors (Lipinski definition) is 4. The van der Waals surface area contributed by atoms with Gasteiger partial charge in [-0.3, -0.25) is 9.59 Å². The van der Waals surface area contributed by atoms with Gasteiger partial charge in [0, 0.05) is 11.5 Å². The highest BCUT2D eigenvalue weighted by atomic mass is 16.3. The average Bonchev–Trinajstić information content (AvgIpc) is 2.24. The SMILES string of the molecule is CC1=C(O)C(C)(C)C(=O)C(C(=O)C(C)C)=C1O. The zero-order valence-electron chi connectivity index (χ0n) is 10.8. The van der Waals surface area contributed by atoms with Crippen LogP contribution in [-0.4, -0.2) is 21.8 Å². The van der Waals surface area contributed by atoms with Gasteiger partial charge in [0.1, 0.15) is 17.1 Å². The molecule has 0 aromatic heterocycles. The molecular formula is C13H18O4. The Balaban J connectivity index is 3.48. The number of rotatable bonds is 2. The number of carbonyl (C=O) groups is 2. The first-order valence-corrected chi connectivity index (χ1v) is 5.55. The second-order valence-corrected chi connectivity index (χ2v) is 5.17. The van der Waals surface area contributed by atoms with Crippen LogP contribution in [0.1, 0.15) is 34.6 Å². The van der Waals surface area contributed by atoms with Crippen LogP contribution in [-0.2, 0) is 9.59 Å². The second-order valence-electron chi connectivity index (χ2n) is 5.17. The van der Waals surface area contributed by atoms with Gasteiger partial charge in [0.2, 0.25) is 0 Å². The van der Waals surface area contributed by atoms with E-state index in [4.69, 9.17) is 0 Å². The first-order valence-electron chi connectivity index (χ1n) is 5.55. The van der Waals surface area contributed by atoms with Gasteiger partial charge in [-0.2, -0.15) is 0 Å². The molecule has 1 aliphatic carbocycles. The summed E-state index contributed by atoms with van der Waals surface area (Å²) in [4.78, 5) is 24.0. The maximum atomic E-state index is 12.1. The van der Waals surface area contributed by atoms with Gasteiger partial charge in [-0.05, 0) is 20.8 Å². The van der Waals surface area contributed by atoms with Crippen LogP contribution >= 0.6 is 0 Å². The van der Waals surface area contributed by atoms with Crippen molar-refractivity contribution in [1.82, 2.24) is 0 Å². The highest BCUT2D eigenvalue weighted by Crippen LogP contribution is 2.39. The fourth-order valence-corrected chi connectivity index (χ4v) is 1.81. The Labute approximate surface area is 101 Å². The molecule has 0 aromatic carbocycles. The largest absolute Gasteiger partial charge is 0.511 e. The van der Waals surface area contributed by atoms with E-state index in [9.17, 15) is 19.8 Å². The van der Waals surface area contributed by atoms with Gasteiger partial charge < -0.3 is 10.2 Å². The lowest BCUT2D eigenvalue weighted by atomic mass is 9.73. The molecule has 0 saturated heterocycles. The summed E-state index contributed by atoms with van der Waals surface area (Å²) in [6.45, 7) is 7.89. The Morgan fingerprint density at radius 1 is 1.24 bits per heavy atom. The minimum atomic E-state index is -1.16. The van der Waals surface area contributed by atoms with E-state index in [1.807, 2.05) is 0 Å². The number of carbonyl (C=O) groups excluding carboxylic acids is 2. The lowest BCUT2D eigenvalue weighted by Gasteiger charge is -2.30. The molecule has 0 atom stereocenters. The molecule has 1 aliphatic rings. The van der Waals surface area contributed by atoms with Gasteiger partial charge in [0.15, 0.2) is 11.6 Å². The zero-order chi connectivity index (χ0) is 13.5. The van der Waals surface area contributed by atoms with Crippen molar-refractivity contribution in [3.63, 3.8) is 0 Å². The summed E-state index contributed by atoms with van der Waals surface area (Å²) in [7, 11) is 0. The van der Waals surface area contributed by atoms with E-state index in [1.54, 1.807) is 13.8 Å². The van der Waals surface area contributed by atoms with Gasteiger partial charge in [0.25, 0.3) is 0 Å². The van der Waals surface area contributed by atoms with Gasteiger partial charge in [-0.1, -0.05) is 13.8 Å². The van der Waals surface area contributed by atoms with Crippen LogP contribution in [0.2, 0.25) is 0 Å². The summed E-state index contributed by atoms with van der Waals surface area (Å²) < 4.78 is 0. The fourth-order valence-electron chi connectivity index (χ4n) is 1.81. The summed E-state index contributed by atoms with van der Waals surface area (Å²) in [5, 5.41) is 19.7. The van der Waals surface area contributed by atoms with Crippen LogP contribution in [0.25, 0.3) is 0 Å². The molecular weight excluding hydrogens is 220 g/mol. The number of ketones is 2. The topological polar surface area (TPSA) is 74.6 Å². The fraction of sp³-hybridized carbons (Fsp3) is 0.538. The predicted molar refractivity (Wildman–Crippen MR) is 63.6 cm³/mol. The highest BCUT2D eigenvalue weighted by molar-refractivity contribution is 6.24. The molecule has 94 valence electrons. The van der Waals surface area contributed by atoms with Crippen molar-refractivity contribution in [2.75, 3.05) is 0 Å². The summed E-state index contributed by atoms with van der Waals surface area (Å²) in [5.74, 6) is -1.88. The van der Waals surface area contributed by atoms with Crippen molar-refractivity contribution in [3.05, 3.63) is 22.7 Å². The third kappa shape index (κ3) is 1.88. The smallest absolute Gasteiger partial charge is 0.183 e. The minimum Gasteiger partial charge on any atom is -0.511 e. The van der Waals surface area contributed by atoms with E-state index in [0.29, 0.717) is 0 Å². The van der Waals surface area contributed by atoms with Crippen LogP contribution in [0, 0.1) is 11.3 Å². The second kappa shape index (κ2) is 4.02. The summed E-state index contributed by atoms with van der Waals surface area (Å²) >= 11 is 0. The molecule has 0 spiro atoms. The van der Waals surface area contributed by atoms with Crippen LogP contribution in [0.15, 0.2) is 22.7 Å².